The summed E-state index contributed by atoms with van der Waals surface area (Å²) in [4.78, 5) is 5.29. The summed E-state index contributed by atoms with van der Waals surface area (Å²) in [6, 6.07) is 17.8. The van der Waals surface area contributed by atoms with Gasteiger partial charge in [-0.2, -0.15) is 0 Å². The Labute approximate surface area is 179 Å². The van der Waals surface area contributed by atoms with Crippen LogP contribution in [0.5, 0.6) is 11.5 Å². The van der Waals surface area contributed by atoms with E-state index in [1.54, 1.807) is 0 Å². The Morgan fingerprint density at radius 1 is 0.933 bits per heavy atom. The van der Waals surface area contributed by atoms with Gasteiger partial charge in [-0.3, -0.25) is 9.80 Å². The zero-order chi connectivity index (χ0) is 20.4. The quantitative estimate of drug-likeness (QED) is 0.747. The number of rotatable bonds is 5. The van der Waals surface area contributed by atoms with Crippen LogP contribution in [-0.4, -0.2) is 55.9 Å². The Hall–Kier alpha value is -2.08. The van der Waals surface area contributed by atoms with Crippen LogP contribution in [0.2, 0.25) is 0 Å². The van der Waals surface area contributed by atoms with Crippen molar-refractivity contribution >= 4 is 0 Å². The van der Waals surface area contributed by atoms with Crippen LogP contribution in [0.15, 0.2) is 48.5 Å². The highest BCUT2D eigenvalue weighted by Gasteiger charge is 2.39. The van der Waals surface area contributed by atoms with E-state index in [9.17, 15) is 0 Å². The second kappa shape index (κ2) is 8.58. The fourth-order valence-corrected chi connectivity index (χ4v) is 5.35. The van der Waals surface area contributed by atoms with Crippen LogP contribution in [-0.2, 0) is 16.9 Å². The molecule has 5 heteroatoms. The Morgan fingerprint density at radius 2 is 1.67 bits per heavy atom. The van der Waals surface area contributed by atoms with Gasteiger partial charge in [-0.25, -0.2) is 0 Å². The first-order valence-corrected chi connectivity index (χ1v) is 11.2. The first kappa shape index (κ1) is 19.9. The number of hydrogen-bond acceptors (Lipinski definition) is 5. The molecule has 0 spiro atoms. The lowest BCUT2D eigenvalue weighted by atomic mass is 9.77. The first-order valence-electron chi connectivity index (χ1n) is 11.2. The lowest BCUT2D eigenvalue weighted by Crippen LogP contribution is -2.52. The molecule has 0 bridgehead atoms. The molecule has 2 aromatic carbocycles. The Morgan fingerprint density at radius 3 is 2.40 bits per heavy atom. The number of piperazine rings is 1. The van der Waals surface area contributed by atoms with Gasteiger partial charge in [0.25, 0.3) is 0 Å². The summed E-state index contributed by atoms with van der Waals surface area (Å²) >= 11 is 0. The van der Waals surface area contributed by atoms with Crippen molar-refractivity contribution in [2.45, 2.75) is 43.9 Å². The van der Waals surface area contributed by atoms with E-state index in [4.69, 9.17) is 14.2 Å². The van der Waals surface area contributed by atoms with Crippen LogP contribution >= 0.6 is 0 Å². The van der Waals surface area contributed by atoms with Crippen molar-refractivity contribution in [2.24, 2.45) is 0 Å². The van der Waals surface area contributed by atoms with Crippen molar-refractivity contribution in [3.8, 4) is 11.5 Å². The highest BCUT2D eigenvalue weighted by molar-refractivity contribution is 5.46. The van der Waals surface area contributed by atoms with Crippen LogP contribution in [0.1, 0.15) is 36.8 Å². The number of ether oxygens (including phenoxy) is 3. The molecule has 1 saturated heterocycles. The molecule has 0 aromatic heterocycles. The van der Waals surface area contributed by atoms with Gasteiger partial charge in [0.05, 0.1) is 5.60 Å². The summed E-state index contributed by atoms with van der Waals surface area (Å²) in [6.45, 7) is 6.03. The SMILES string of the molecule is COC1(c2ccc3c(c2)OCO3)CCC(N2CCN(Cc3ccccc3)CC2)CC1. The number of methoxy groups -OCH3 is 1. The summed E-state index contributed by atoms with van der Waals surface area (Å²) in [7, 11) is 1.85. The minimum absolute atomic E-state index is 0.202. The average molecular weight is 409 g/mol. The van der Waals surface area contributed by atoms with Gasteiger partial charge in [0.2, 0.25) is 6.79 Å². The Bertz CT molecular complexity index is 841. The molecule has 5 rings (SSSR count). The number of nitrogens with zero attached hydrogens (tertiary/aromatic N) is 2. The molecular formula is C25H32N2O3. The van der Waals surface area contributed by atoms with Crippen molar-refractivity contribution in [1.82, 2.24) is 9.80 Å². The third-order valence-corrected chi connectivity index (χ3v) is 7.22. The van der Waals surface area contributed by atoms with E-state index in [1.807, 2.05) is 13.2 Å². The average Bonchev–Trinajstić information content (AvgIpc) is 3.28. The first-order chi connectivity index (χ1) is 14.8. The van der Waals surface area contributed by atoms with Gasteiger partial charge < -0.3 is 14.2 Å². The van der Waals surface area contributed by atoms with E-state index >= 15 is 0 Å². The van der Waals surface area contributed by atoms with Gasteiger partial charge in [0.15, 0.2) is 11.5 Å². The third-order valence-electron chi connectivity index (χ3n) is 7.22. The molecule has 0 atom stereocenters. The molecule has 5 nitrogen and oxygen atoms in total. The van der Waals surface area contributed by atoms with E-state index in [2.05, 4.69) is 52.3 Å². The van der Waals surface area contributed by atoms with Crippen LogP contribution < -0.4 is 9.47 Å². The molecule has 2 heterocycles. The van der Waals surface area contributed by atoms with E-state index in [0.29, 0.717) is 12.8 Å². The van der Waals surface area contributed by atoms with Crippen molar-refractivity contribution in [3.63, 3.8) is 0 Å². The number of fused-ring (bicyclic) bond motifs is 1. The van der Waals surface area contributed by atoms with Crippen molar-refractivity contribution < 1.29 is 14.2 Å². The van der Waals surface area contributed by atoms with Crippen LogP contribution in [0.4, 0.5) is 0 Å². The second-order valence-electron chi connectivity index (χ2n) is 8.80. The molecule has 0 amide bonds. The maximum atomic E-state index is 6.12. The van der Waals surface area contributed by atoms with E-state index in [-0.39, 0.29) is 5.60 Å². The fraction of sp³-hybridized carbons (Fsp3) is 0.520. The van der Waals surface area contributed by atoms with Gasteiger partial charge in [0, 0.05) is 45.9 Å². The molecule has 1 aliphatic carbocycles. The summed E-state index contributed by atoms with van der Waals surface area (Å²) in [5.41, 5.74) is 2.43. The zero-order valence-electron chi connectivity index (χ0n) is 17.9. The van der Waals surface area contributed by atoms with Gasteiger partial charge in [-0.05, 0) is 48.9 Å². The third kappa shape index (κ3) is 3.94. The molecule has 0 N–H and O–H groups in total. The molecule has 30 heavy (non-hydrogen) atoms. The van der Waals surface area contributed by atoms with Crippen LogP contribution in [0.25, 0.3) is 0 Å². The summed E-state index contributed by atoms with van der Waals surface area (Å²) in [5.74, 6) is 1.69. The Kier molecular flexibility index (Phi) is 5.68. The molecule has 2 fully saturated rings. The topological polar surface area (TPSA) is 34.2 Å². The van der Waals surface area contributed by atoms with Crippen molar-refractivity contribution in [2.75, 3.05) is 40.1 Å². The monoisotopic (exact) mass is 408 g/mol. The molecule has 2 aliphatic heterocycles. The molecule has 160 valence electrons. The summed E-state index contributed by atoms with van der Waals surface area (Å²) in [6.07, 6.45) is 4.47. The predicted octanol–water partition coefficient (Wildman–Crippen LogP) is 4.02. The van der Waals surface area contributed by atoms with E-state index < -0.39 is 0 Å². The molecule has 0 radical (unpaired) electrons. The van der Waals surface area contributed by atoms with Crippen LogP contribution in [0.3, 0.4) is 0 Å². The second-order valence-corrected chi connectivity index (χ2v) is 8.80. The highest BCUT2D eigenvalue weighted by Crippen LogP contribution is 2.44. The summed E-state index contributed by atoms with van der Waals surface area (Å²) in [5, 5.41) is 0. The molecule has 3 aliphatic rings. The fourth-order valence-electron chi connectivity index (χ4n) is 5.35. The standard InChI is InChI=1S/C25H32N2O3/c1-28-25(21-7-8-23-24(17-21)30-19-29-23)11-9-22(10-12-25)27-15-13-26(14-16-27)18-20-5-3-2-4-6-20/h2-8,17,22H,9-16,18-19H2,1H3. The maximum Gasteiger partial charge on any atom is 0.231 e. The van der Waals surface area contributed by atoms with E-state index in [1.165, 1.54) is 37.1 Å². The minimum Gasteiger partial charge on any atom is -0.454 e. The number of hydrogen-bond donors (Lipinski definition) is 0. The predicted molar refractivity (Wildman–Crippen MR) is 117 cm³/mol. The van der Waals surface area contributed by atoms with Crippen LogP contribution in [0, 0.1) is 0 Å². The largest absolute Gasteiger partial charge is 0.454 e. The maximum absolute atomic E-state index is 6.12. The molecule has 2 aromatic rings. The lowest BCUT2D eigenvalue weighted by Gasteiger charge is -2.45. The minimum atomic E-state index is -0.202. The van der Waals surface area contributed by atoms with Gasteiger partial charge in [-0.15, -0.1) is 0 Å². The summed E-state index contributed by atoms with van der Waals surface area (Å²) < 4.78 is 17.2. The van der Waals surface area contributed by atoms with E-state index in [0.717, 1.165) is 44.0 Å². The molecular weight excluding hydrogens is 376 g/mol. The van der Waals surface area contributed by atoms with Gasteiger partial charge >= 0.3 is 0 Å². The molecule has 1 saturated carbocycles. The van der Waals surface area contributed by atoms with Gasteiger partial charge in [-0.1, -0.05) is 36.4 Å². The molecule has 0 unspecified atom stereocenters. The zero-order valence-corrected chi connectivity index (χ0v) is 17.9. The van der Waals surface area contributed by atoms with Crippen molar-refractivity contribution in [1.29, 1.82) is 0 Å². The normalized spacial score (nSPS) is 27.3. The smallest absolute Gasteiger partial charge is 0.231 e. The lowest BCUT2D eigenvalue weighted by molar-refractivity contribution is -0.0648. The van der Waals surface area contributed by atoms with Gasteiger partial charge in [0.1, 0.15) is 0 Å². The highest BCUT2D eigenvalue weighted by atomic mass is 16.7. The van der Waals surface area contributed by atoms with Crippen molar-refractivity contribution in [3.05, 3.63) is 59.7 Å². The Balaban J connectivity index is 1.17. The number of benzene rings is 2.